The summed E-state index contributed by atoms with van der Waals surface area (Å²) >= 11 is 0. The summed E-state index contributed by atoms with van der Waals surface area (Å²) in [7, 11) is 1.85. The molecule has 1 saturated heterocycles. The fraction of sp³-hybridized carbons (Fsp3) is 0.600. The van der Waals surface area contributed by atoms with Crippen LogP contribution in [0.3, 0.4) is 0 Å². The number of carbonyl (C=O) groups is 1. The number of aromatic nitrogens is 1. The second-order valence-electron chi connectivity index (χ2n) is 5.25. The van der Waals surface area contributed by atoms with Gasteiger partial charge in [0.1, 0.15) is 0 Å². The van der Waals surface area contributed by atoms with Crippen molar-refractivity contribution in [2.45, 2.75) is 25.9 Å². The monoisotopic (exact) mass is 277 g/mol. The highest BCUT2D eigenvalue weighted by Gasteiger charge is 2.35. The molecule has 2 atom stereocenters. The Morgan fingerprint density at radius 3 is 2.90 bits per heavy atom. The van der Waals surface area contributed by atoms with E-state index in [4.69, 9.17) is 4.74 Å². The van der Waals surface area contributed by atoms with Crippen molar-refractivity contribution < 1.29 is 9.53 Å². The van der Waals surface area contributed by atoms with Crippen LogP contribution in [0, 0.1) is 5.92 Å². The Kier molecular flexibility index (Phi) is 5.49. The van der Waals surface area contributed by atoms with Crippen LogP contribution >= 0.6 is 0 Å². The third-order valence-corrected chi connectivity index (χ3v) is 3.60. The average molecular weight is 277 g/mol. The molecule has 110 valence electrons. The molecule has 1 aliphatic rings. The van der Waals surface area contributed by atoms with Crippen molar-refractivity contribution in [2.75, 3.05) is 26.8 Å². The predicted octanol–water partition coefficient (Wildman–Crippen LogP) is 1.05. The number of ether oxygens (including phenoxy) is 1. The van der Waals surface area contributed by atoms with Gasteiger partial charge in [0.2, 0.25) is 5.91 Å². The van der Waals surface area contributed by atoms with E-state index in [-0.39, 0.29) is 17.9 Å². The van der Waals surface area contributed by atoms with Crippen LogP contribution in [0.5, 0.6) is 0 Å². The van der Waals surface area contributed by atoms with Crippen molar-refractivity contribution >= 4 is 5.91 Å². The van der Waals surface area contributed by atoms with E-state index in [1.165, 1.54) is 0 Å². The second-order valence-corrected chi connectivity index (χ2v) is 5.25. The maximum Gasteiger partial charge on any atom is 0.229 e. The Labute approximate surface area is 120 Å². The number of carbonyl (C=O) groups excluding carboxylic acids is 1. The molecule has 0 aromatic carbocycles. The maximum absolute atomic E-state index is 12.5. The molecule has 2 rings (SSSR count). The molecule has 0 aliphatic carbocycles. The molecule has 0 spiro atoms. The first-order chi connectivity index (χ1) is 9.72. The molecule has 1 N–H and O–H groups in total. The number of amides is 1. The number of pyridine rings is 1. The van der Waals surface area contributed by atoms with Crippen LogP contribution in [0.15, 0.2) is 24.5 Å². The van der Waals surface area contributed by atoms with Gasteiger partial charge >= 0.3 is 0 Å². The maximum atomic E-state index is 12.5. The summed E-state index contributed by atoms with van der Waals surface area (Å²) in [4.78, 5) is 18.3. The van der Waals surface area contributed by atoms with Crippen molar-refractivity contribution in [3.63, 3.8) is 0 Å². The zero-order chi connectivity index (χ0) is 14.4. The van der Waals surface area contributed by atoms with Crippen LogP contribution in [0.25, 0.3) is 0 Å². The highest BCUT2D eigenvalue weighted by atomic mass is 16.5. The predicted molar refractivity (Wildman–Crippen MR) is 77.1 cm³/mol. The fourth-order valence-electron chi connectivity index (χ4n) is 2.45. The summed E-state index contributed by atoms with van der Waals surface area (Å²) in [6, 6.07) is 4.01. The molecule has 5 heteroatoms. The lowest BCUT2D eigenvalue weighted by molar-refractivity contribution is -0.135. The molecular formula is C15H23N3O2. The Hall–Kier alpha value is -1.46. The van der Waals surface area contributed by atoms with Crippen molar-refractivity contribution in [1.29, 1.82) is 0 Å². The van der Waals surface area contributed by atoms with E-state index in [1.54, 1.807) is 17.3 Å². The van der Waals surface area contributed by atoms with Gasteiger partial charge in [0.15, 0.2) is 0 Å². The lowest BCUT2D eigenvalue weighted by Crippen LogP contribution is -2.44. The Bertz CT molecular complexity index is 424. The molecule has 5 nitrogen and oxygen atoms in total. The van der Waals surface area contributed by atoms with Crippen molar-refractivity contribution in [3.05, 3.63) is 30.1 Å². The minimum absolute atomic E-state index is 0.0756. The SMILES string of the molecule is CCCNC1COCC1C(=O)N(C)Cc1ccncc1. The topological polar surface area (TPSA) is 54.5 Å². The van der Waals surface area contributed by atoms with Gasteiger partial charge in [-0.3, -0.25) is 9.78 Å². The van der Waals surface area contributed by atoms with Gasteiger partial charge in [0.05, 0.1) is 19.1 Å². The number of rotatable bonds is 6. The first kappa shape index (κ1) is 14.9. The normalized spacial score (nSPS) is 21.9. The molecule has 20 heavy (non-hydrogen) atoms. The van der Waals surface area contributed by atoms with Gasteiger partial charge in [-0.15, -0.1) is 0 Å². The van der Waals surface area contributed by atoms with Gasteiger partial charge in [-0.25, -0.2) is 0 Å². The quantitative estimate of drug-likeness (QED) is 0.844. The van der Waals surface area contributed by atoms with E-state index >= 15 is 0 Å². The van der Waals surface area contributed by atoms with E-state index in [2.05, 4.69) is 17.2 Å². The van der Waals surface area contributed by atoms with Gasteiger partial charge in [-0.05, 0) is 30.7 Å². The molecular weight excluding hydrogens is 254 g/mol. The first-order valence-electron chi connectivity index (χ1n) is 7.17. The molecule has 0 bridgehead atoms. The van der Waals surface area contributed by atoms with Gasteiger partial charge in [0.25, 0.3) is 0 Å². The van der Waals surface area contributed by atoms with Crippen LogP contribution in [0.1, 0.15) is 18.9 Å². The Balaban J connectivity index is 1.92. The van der Waals surface area contributed by atoms with Gasteiger partial charge in [0, 0.05) is 32.0 Å². The molecule has 0 radical (unpaired) electrons. The van der Waals surface area contributed by atoms with Crippen LogP contribution in [-0.2, 0) is 16.1 Å². The van der Waals surface area contributed by atoms with Gasteiger partial charge in [-0.2, -0.15) is 0 Å². The van der Waals surface area contributed by atoms with Gasteiger partial charge < -0.3 is 15.0 Å². The molecule has 1 aromatic heterocycles. The summed E-state index contributed by atoms with van der Waals surface area (Å²) in [5, 5.41) is 3.40. The van der Waals surface area contributed by atoms with E-state index in [9.17, 15) is 4.79 Å². The van der Waals surface area contributed by atoms with E-state index in [0.29, 0.717) is 19.8 Å². The third-order valence-electron chi connectivity index (χ3n) is 3.60. The number of hydrogen-bond acceptors (Lipinski definition) is 4. The largest absolute Gasteiger partial charge is 0.379 e. The van der Waals surface area contributed by atoms with Crippen molar-refractivity contribution in [2.24, 2.45) is 5.92 Å². The van der Waals surface area contributed by atoms with Crippen LogP contribution < -0.4 is 5.32 Å². The molecule has 2 heterocycles. The molecule has 1 aromatic rings. The molecule has 1 amide bonds. The minimum atomic E-state index is -0.0756. The van der Waals surface area contributed by atoms with Crippen molar-refractivity contribution in [3.8, 4) is 0 Å². The number of nitrogens with one attached hydrogen (secondary N) is 1. The average Bonchev–Trinajstić information content (AvgIpc) is 2.93. The standard InChI is InChI=1S/C15H23N3O2/c1-3-6-17-14-11-20-10-13(14)15(19)18(2)9-12-4-7-16-8-5-12/h4-5,7-8,13-14,17H,3,6,9-11H2,1-2H3. The van der Waals surface area contributed by atoms with Crippen LogP contribution in [-0.4, -0.2) is 48.6 Å². The summed E-state index contributed by atoms with van der Waals surface area (Å²) < 4.78 is 5.47. The molecule has 1 fully saturated rings. The molecule has 1 aliphatic heterocycles. The lowest BCUT2D eigenvalue weighted by atomic mass is 10.0. The zero-order valence-corrected chi connectivity index (χ0v) is 12.2. The second kappa shape index (κ2) is 7.36. The highest BCUT2D eigenvalue weighted by Crippen LogP contribution is 2.17. The molecule has 2 unspecified atom stereocenters. The summed E-state index contributed by atoms with van der Waals surface area (Å²) in [5.41, 5.74) is 1.09. The smallest absolute Gasteiger partial charge is 0.229 e. The Morgan fingerprint density at radius 1 is 1.45 bits per heavy atom. The van der Waals surface area contributed by atoms with E-state index in [0.717, 1.165) is 18.5 Å². The number of nitrogens with zero attached hydrogens (tertiary/aromatic N) is 2. The third kappa shape index (κ3) is 3.77. The number of hydrogen-bond donors (Lipinski definition) is 1. The zero-order valence-electron chi connectivity index (χ0n) is 12.2. The van der Waals surface area contributed by atoms with Gasteiger partial charge in [-0.1, -0.05) is 6.92 Å². The Morgan fingerprint density at radius 2 is 2.20 bits per heavy atom. The summed E-state index contributed by atoms with van der Waals surface area (Å²) in [6.45, 7) is 4.79. The lowest BCUT2D eigenvalue weighted by Gasteiger charge is -2.24. The minimum Gasteiger partial charge on any atom is -0.379 e. The highest BCUT2D eigenvalue weighted by molar-refractivity contribution is 5.79. The van der Waals surface area contributed by atoms with E-state index < -0.39 is 0 Å². The fourth-order valence-corrected chi connectivity index (χ4v) is 2.45. The van der Waals surface area contributed by atoms with Crippen LogP contribution in [0.4, 0.5) is 0 Å². The molecule has 0 saturated carbocycles. The first-order valence-corrected chi connectivity index (χ1v) is 7.17. The summed E-state index contributed by atoms with van der Waals surface area (Å²) in [5.74, 6) is 0.0707. The summed E-state index contributed by atoms with van der Waals surface area (Å²) in [6.07, 6.45) is 4.56. The van der Waals surface area contributed by atoms with Crippen LogP contribution in [0.2, 0.25) is 0 Å². The van der Waals surface area contributed by atoms with E-state index in [1.807, 2.05) is 19.2 Å². The van der Waals surface area contributed by atoms with Crippen molar-refractivity contribution in [1.82, 2.24) is 15.2 Å².